The lowest BCUT2D eigenvalue weighted by Crippen LogP contribution is -2.36. The van der Waals surface area contributed by atoms with Crippen LogP contribution in [0.1, 0.15) is 6.92 Å². The summed E-state index contributed by atoms with van der Waals surface area (Å²) in [5.41, 5.74) is 0. The molecule has 0 radical (unpaired) electrons. The molecule has 0 aromatic heterocycles. The van der Waals surface area contributed by atoms with Crippen LogP contribution in [0.3, 0.4) is 0 Å². The maximum absolute atomic E-state index is 10.9. The van der Waals surface area contributed by atoms with Crippen LogP contribution in [0.25, 0.3) is 0 Å². The van der Waals surface area contributed by atoms with Gasteiger partial charge in [0.05, 0.1) is 13.2 Å². The van der Waals surface area contributed by atoms with E-state index in [9.17, 15) is 14.9 Å². The second-order valence-electron chi connectivity index (χ2n) is 2.16. The molecule has 0 aliphatic heterocycles. The van der Waals surface area contributed by atoms with Gasteiger partial charge in [-0.05, 0) is 6.92 Å². The minimum absolute atomic E-state index is 0.150. The average Bonchev–Trinajstić information content (AvgIpc) is 2.05. The highest BCUT2D eigenvalue weighted by Crippen LogP contribution is 1.92. The van der Waals surface area contributed by atoms with Crippen molar-refractivity contribution in [3.63, 3.8) is 0 Å². The van der Waals surface area contributed by atoms with Gasteiger partial charge < -0.3 is 9.84 Å². The molecule has 0 unspecified atom stereocenters. The molecule has 0 heterocycles. The van der Waals surface area contributed by atoms with E-state index in [4.69, 9.17) is 5.11 Å². The van der Waals surface area contributed by atoms with Crippen molar-refractivity contribution >= 4 is 6.09 Å². The van der Waals surface area contributed by atoms with Gasteiger partial charge in [-0.1, -0.05) is 0 Å². The Bertz CT molecular complexity index is 184. The van der Waals surface area contributed by atoms with Crippen LogP contribution < -0.4 is 0 Å². The number of carbonyl (C=O) groups is 1. The first-order valence-electron chi connectivity index (χ1n) is 3.76. The number of hydrogen-bond donors (Lipinski definition) is 1. The molecule has 0 rings (SSSR count). The third kappa shape index (κ3) is 4.96. The molecule has 0 aromatic carbocycles. The maximum Gasteiger partial charge on any atom is 0.411 e. The smallest absolute Gasteiger partial charge is 0.411 e. The SMILES string of the molecule is CCOC(=O)N(CO)CC[N+](=O)[O-]. The van der Waals surface area contributed by atoms with Gasteiger partial charge in [0.2, 0.25) is 6.54 Å². The minimum atomic E-state index is -0.744. The van der Waals surface area contributed by atoms with Crippen molar-refractivity contribution in [1.82, 2.24) is 4.90 Å². The Kier molecular flexibility index (Phi) is 5.53. The number of rotatable bonds is 5. The van der Waals surface area contributed by atoms with Gasteiger partial charge in [0, 0.05) is 4.92 Å². The molecule has 0 spiro atoms. The molecule has 7 heteroatoms. The van der Waals surface area contributed by atoms with Crippen molar-refractivity contribution in [3.05, 3.63) is 10.1 Å². The Morgan fingerprint density at radius 3 is 2.69 bits per heavy atom. The van der Waals surface area contributed by atoms with Crippen LogP contribution in [-0.4, -0.2) is 47.5 Å². The highest BCUT2D eigenvalue weighted by Gasteiger charge is 2.14. The molecular formula is C6H12N2O5. The van der Waals surface area contributed by atoms with Crippen LogP contribution in [0, 0.1) is 10.1 Å². The Balaban J connectivity index is 3.87. The van der Waals surface area contributed by atoms with Gasteiger partial charge in [-0.25, -0.2) is 4.79 Å². The molecular weight excluding hydrogens is 180 g/mol. The second-order valence-corrected chi connectivity index (χ2v) is 2.16. The summed E-state index contributed by atoms with van der Waals surface area (Å²) in [5.74, 6) is 0. The van der Waals surface area contributed by atoms with Crippen LogP contribution in [-0.2, 0) is 4.74 Å². The number of ether oxygens (including phenoxy) is 1. The molecule has 0 bridgehead atoms. The molecule has 0 fully saturated rings. The predicted molar refractivity (Wildman–Crippen MR) is 42.7 cm³/mol. The largest absolute Gasteiger partial charge is 0.450 e. The summed E-state index contributed by atoms with van der Waals surface area (Å²) in [5, 5.41) is 18.6. The third-order valence-electron chi connectivity index (χ3n) is 1.25. The highest BCUT2D eigenvalue weighted by molar-refractivity contribution is 5.67. The normalized spacial score (nSPS) is 9.38. The summed E-state index contributed by atoms with van der Waals surface area (Å²) in [6.45, 7) is 0.656. The van der Waals surface area contributed by atoms with Gasteiger partial charge >= 0.3 is 6.09 Å². The number of aliphatic hydroxyl groups excluding tert-OH is 1. The first-order chi connectivity index (χ1) is 6.11. The van der Waals surface area contributed by atoms with Crippen LogP contribution in [0.2, 0.25) is 0 Å². The van der Waals surface area contributed by atoms with Gasteiger partial charge in [0.1, 0.15) is 6.73 Å². The molecule has 0 aromatic rings. The predicted octanol–water partition coefficient (Wildman–Crippen LogP) is -0.329. The lowest BCUT2D eigenvalue weighted by Gasteiger charge is -2.16. The lowest BCUT2D eigenvalue weighted by molar-refractivity contribution is -0.480. The monoisotopic (exact) mass is 192 g/mol. The fraction of sp³-hybridized carbons (Fsp3) is 0.833. The Morgan fingerprint density at radius 1 is 1.69 bits per heavy atom. The van der Waals surface area contributed by atoms with E-state index < -0.39 is 24.3 Å². The summed E-state index contributed by atoms with van der Waals surface area (Å²) in [6, 6.07) is 0. The molecule has 0 atom stereocenters. The van der Waals surface area contributed by atoms with Gasteiger partial charge in [-0.15, -0.1) is 0 Å². The molecule has 0 aliphatic carbocycles. The Morgan fingerprint density at radius 2 is 2.31 bits per heavy atom. The van der Waals surface area contributed by atoms with E-state index in [0.29, 0.717) is 0 Å². The number of aliphatic hydroxyl groups is 1. The number of nitro groups is 1. The quantitative estimate of drug-likeness (QED) is 0.365. The first kappa shape index (κ1) is 11.6. The molecule has 0 aliphatic rings. The van der Waals surface area contributed by atoms with E-state index in [0.717, 1.165) is 4.90 Å². The fourth-order valence-corrected chi connectivity index (χ4v) is 0.637. The number of amides is 1. The van der Waals surface area contributed by atoms with Gasteiger partial charge in [0.15, 0.2) is 0 Å². The van der Waals surface area contributed by atoms with Crippen molar-refractivity contribution in [2.24, 2.45) is 0 Å². The number of carbonyl (C=O) groups excluding carboxylic acids is 1. The molecule has 7 nitrogen and oxygen atoms in total. The third-order valence-corrected chi connectivity index (χ3v) is 1.25. The minimum Gasteiger partial charge on any atom is -0.450 e. The fourth-order valence-electron chi connectivity index (χ4n) is 0.637. The van der Waals surface area contributed by atoms with Crippen LogP contribution in [0.4, 0.5) is 4.79 Å². The second kappa shape index (κ2) is 6.18. The van der Waals surface area contributed by atoms with Crippen molar-refractivity contribution in [1.29, 1.82) is 0 Å². The van der Waals surface area contributed by atoms with Crippen molar-refractivity contribution < 1.29 is 19.6 Å². The number of nitrogens with zero attached hydrogens (tertiary/aromatic N) is 2. The molecule has 1 amide bonds. The Labute approximate surface area is 75.0 Å². The zero-order valence-corrected chi connectivity index (χ0v) is 7.30. The van der Waals surface area contributed by atoms with Gasteiger partial charge in [-0.3, -0.25) is 15.0 Å². The highest BCUT2D eigenvalue weighted by atomic mass is 16.6. The lowest BCUT2D eigenvalue weighted by atomic mass is 10.6. The van der Waals surface area contributed by atoms with E-state index in [1.54, 1.807) is 6.92 Å². The van der Waals surface area contributed by atoms with Gasteiger partial charge in [-0.2, -0.15) is 0 Å². The summed E-state index contributed by atoms with van der Waals surface area (Å²) < 4.78 is 4.53. The average molecular weight is 192 g/mol. The molecule has 0 saturated heterocycles. The van der Waals surface area contributed by atoms with Crippen LogP contribution in [0.15, 0.2) is 0 Å². The topological polar surface area (TPSA) is 92.9 Å². The molecule has 13 heavy (non-hydrogen) atoms. The van der Waals surface area contributed by atoms with E-state index >= 15 is 0 Å². The van der Waals surface area contributed by atoms with Crippen LogP contribution >= 0.6 is 0 Å². The van der Waals surface area contributed by atoms with Crippen molar-refractivity contribution in [3.8, 4) is 0 Å². The molecule has 76 valence electrons. The Hall–Kier alpha value is -1.37. The van der Waals surface area contributed by atoms with E-state index in [2.05, 4.69) is 4.74 Å². The van der Waals surface area contributed by atoms with Crippen molar-refractivity contribution in [2.75, 3.05) is 26.4 Å². The summed E-state index contributed by atoms with van der Waals surface area (Å²) in [4.78, 5) is 21.1. The standard InChI is InChI=1S/C6H12N2O5/c1-2-13-6(10)7(5-9)3-4-8(11)12/h9H,2-5H2,1H3. The zero-order chi connectivity index (χ0) is 10.3. The summed E-state index contributed by atoms with van der Waals surface area (Å²) in [6.07, 6.45) is -0.744. The van der Waals surface area contributed by atoms with Crippen LogP contribution in [0.5, 0.6) is 0 Å². The summed E-state index contributed by atoms with van der Waals surface area (Å²) in [7, 11) is 0. The van der Waals surface area contributed by atoms with E-state index in [1.807, 2.05) is 0 Å². The maximum atomic E-state index is 10.9. The van der Waals surface area contributed by atoms with E-state index in [1.165, 1.54) is 0 Å². The number of hydrogen-bond acceptors (Lipinski definition) is 5. The first-order valence-corrected chi connectivity index (χ1v) is 3.76. The van der Waals surface area contributed by atoms with Gasteiger partial charge in [0.25, 0.3) is 0 Å². The molecule has 0 saturated carbocycles. The van der Waals surface area contributed by atoms with E-state index in [-0.39, 0.29) is 13.2 Å². The summed E-state index contributed by atoms with van der Waals surface area (Å²) >= 11 is 0. The molecule has 1 N–H and O–H groups in total. The van der Waals surface area contributed by atoms with Crippen molar-refractivity contribution in [2.45, 2.75) is 6.92 Å². The zero-order valence-electron chi connectivity index (χ0n) is 7.30.